The van der Waals surface area contributed by atoms with E-state index >= 15 is 0 Å². The molecule has 0 radical (unpaired) electrons. The van der Waals surface area contributed by atoms with Gasteiger partial charge in [-0.2, -0.15) is 5.26 Å². The lowest BCUT2D eigenvalue weighted by molar-refractivity contribution is 0.102. The normalized spacial score (nSPS) is 15.3. The minimum Gasteiger partial charge on any atom is -0.490 e. The molecular weight excluding hydrogens is 390 g/mol. The zero-order chi connectivity index (χ0) is 22.6. The number of methoxy groups -OCH3 is 1. The van der Waals surface area contributed by atoms with Crippen molar-refractivity contribution in [3.05, 3.63) is 58.7 Å². The molecule has 0 fully saturated rings. The summed E-state index contributed by atoms with van der Waals surface area (Å²) in [5, 5.41) is 12.4. The van der Waals surface area contributed by atoms with Crippen LogP contribution in [0.15, 0.2) is 36.4 Å². The fourth-order valence-electron chi connectivity index (χ4n) is 4.10. The second-order valence-corrected chi connectivity index (χ2v) is 8.90. The minimum atomic E-state index is -0.251. The lowest BCUT2D eigenvalue weighted by atomic mass is 9.78. The minimum absolute atomic E-state index is 0.0256. The van der Waals surface area contributed by atoms with Crippen LogP contribution in [0.1, 0.15) is 54.7 Å². The van der Waals surface area contributed by atoms with Crippen molar-refractivity contribution in [2.24, 2.45) is 0 Å². The number of ether oxygens (including phenoxy) is 2. The van der Waals surface area contributed by atoms with Gasteiger partial charge in [0.05, 0.1) is 18.3 Å². The Bertz CT molecular complexity index is 992. The maximum Gasteiger partial charge on any atom is 0.255 e. The molecule has 0 unspecified atom stereocenters. The van der Waals surface area contributed by atoms with Crippen molar-refractivity contribution >= 4 is 11.6 Å². The number of carbonyl (C=O) groups excluding carboxylic acids is 1. The number of hydrogen-bond acceptors (Lipinski definition) is 5. The summed E-state index contributed by atoms with van der Waals surface area (Å²) in [5.74, 6) is 0.236. The van der Waals surface area contributed by atoms with E-state index in [1.165, 1.54) is 11.1 Å². The van der Waals surface area contributed by atoms with Crippen molar-refractivity contribution in [1.29, 1.82) is 5.26 Å². The van der Waals surface area contributed by atoms with Crippen LogP contribution in [0.5, 0.6) is 5.75 Å². The zero-order valence-electron chi connectivity index (χ0n) is 19.0. The molecule has 6 nitrogen and oxygen atoms in total. The van der Waals surface area contributed by atoms with Gasteiger partial charge in [-0.25, -0.2) is 0 Å². The Hall–Kier alpha value is -2.88. The van der Waals surface area contributed by atoms with Crippen LogP contribution in [0.4, 0.5) is 5.69 Å². The Kier molecular flexibility index (Phi) is 6.99. The van der Waals surface area contributed by atoms with Gasteiger partial charge >= 0.3 is 0 Å². The molecular formula is C25H31N3O3. The molecule has 164 valence electrons. The number of benzene rings is 2. The van der Waals surface area contributed by atoms with Crippen LogP contribution in [-0.4, -0.2) is 43.7 Å². The first-order valence-electron chi connectivity index (χ1n) is 10.6. The van der Waals surface area contributed by atoms with Crippen LogP contribution in [0.25, 0.3) is 0 Å². The van der Waals surface area contributed by atoms with E-state index in [0.29, 0.717) is 23.5 Å². The molecule has 0 bridgehead atoms. The van der Waals surface area contributed by atoms with Gasteiger partial charge in [-0.3, -0.25) is 9.69 Å². The standard InChI is InChI=1S/C25H31N3O3/c1-17(2)31-23-9-6-18(12-19(23)14-26)24(29)27-21-7-8-22-20(13-21)15-28(10-11-30-5)16-25(22,3)4/h6-9,12-13,17H,10-11,15-16H2,1-5H3,(H,27,29). The third-order valence-corrected chi connectivity index (χ3v) is 5.44. The molecule has 1 aliphatic rings. The molecule has 3 rings (SSSR count). The van der Waals surface area contributed by atoms with Gasteiger partial charge in [0.15, 0.2) is 0 Å². The molecule has 2 aromatic rings. The van der Waals surface area contributed by atoms with Gasteiger partial charge in [0.2, 0.25) is 0 Å². The van der Waals surface area contributed by atoms with Gasteiger partial charge in [-0.15, -0.1) is 0 Å². The van der Waals surface area contributed by atoms with Crippen molar-refractivity contribution in [2.75, 3.05) is 32.1 Å². The highest BCUT2D eigenvalue weighted by atomic mass is 16.5. The molecule has 0 atom stereocenters. The van der Waals surface area contributed by atoms with Crippen LogP contribution in [0.2, 0.25) is 0 Å². The molecule has 0 spiro atoms. The summed E-state index contributed by atoms with van der Waals surface area (Å²) in [7, 11) is 1.72. The van der Waals surface area contributed by atoms with E-state index in [4.69, 9.17) is 9.47 Å². The molecule has 0 aromatic heterocycles. The molecule has 1 N–H and O–H groups in total. The van der Waals surface area contributed by atoms with E-state index < -0.39 is 0 Å². The number of rotatable bonds is 7. The van der Waals surface area contributed by atoms with E-state index in [1.807, 2.05) is 19.9 Å². The first kappa shape index (κ1) is 22.8. The van der Waals surface area contributed by atoms with Gasteiger partial charge in [0.1, 0.15) is 11.8 Å². The van der Waals surface area contributed by atoms with Gasteiger partial charge in [-0.1, -0.05) is 19.9 Å². The zero-order valence-corrected chi connectivity index (χ0v) is 19.0. The highest BCUT2D eigenvalue weighted by Crippen LogP contribution is 2.34. The van der Waals surface area contributed by atoms with Crippen molar-refractivity contribution in [3.63, 3.8) is 0 Å². The molecule has 0 aliphatic carbocycles. The SMILES string of the molecule is COCCN1Cc2cc(NC(=O)c3ccc(OC(C)C)c(C#N)c3)ccc2C(C)(C)C1. The number of amides is 1. The number of nitrogens with zero attached hydrogens (tertiary/aromatic N) is 2. The molecule has 31 heavy (non-hydrogen) atoms. The van der Waals surface area contributed by atoms with Gasteiger partial charge in [-0.05, 0) is 55.3 Å². The predicted octanol–water partition coefficient (Wildman–Crippen LogP) is 4.34. The summed E-state index contributed by atoms with van der Waals surface area (Å²) in [6, 6.07) is 13.2. The summed E-state index contributed by atoms with van der Waals surface area (Å²) in [6.45, 7) is 11.6. The number of hydrogen-bond donors (Lipinski definition) is 1. The fraction of sp³-hybridized carbons (Fsp3) is 0.440. The van der Waals surface area contributed by atoms with Crippen molar-refractivity contribution in [1.82, 2.24) is 4.90 Å². The van der Waals surface area contributed by atoms with Crippen molar-refractivity contribution in [2.45, 2.75) is 45.8 Å². The summed E-state index contributed by atoms with van der Waals surface area (Å²) < 4.78 is 10.9. The fourth-order valence-corrected chi connectivity index (χ4v) is 4.10. The van der Waals surface area contributed by atoms with E-state index in [9.17, 15) is 10.1 Å². The second-order valence-electron chi connectivity index (χ2n) is 8.90. The van der Waals surface area contributed by atoms with Gasteiger partial charge < -0.3 is 14.8 Å². The number of anilines is 1. The molecule has 0 saturated heterocycles. The third-order valence-electron chi connectivity index (χ3n) is 5.44. The largest absolute Gasteiger partial charge is 0.490 e. The molecule has 6 heteroatoms. The van der Waals surface area contributed by atoms with Crippen LogP contribution >= 0.6 is 0 Å². The summed E-state index contributed by atoms with van der Waals surface area (Å²) in [4.78, 5) is 15.2. The number of fused-ring (bicyclic) bond motifs is 1. The summed E-state index contributed by atoms with van der Waals surface area (Å²) in [6.07, 6.45) is -0.0463. The highest BCUT2D eigenvalue weighted by Gasteiger charge is 2.31. The second kappa shape index (κ2) is 9.51. The Labute approximate surface area is 184 Å². The maximum atomic E-state index is 12.8. The van der Waals surface area contributed by atoms with Gasteiger partial charge in [0.25, 0.3) is 5.91 Å². The highest BCUT2D eigenvalue weighted by molar-refractivity contribution is 6.04. The smallest absolute Gasteiger partial charge is 0.255 e. The lowest BCUT2D eigenvalue weighted by Crippen LogP contribution is -2.43. The van der Waals surface area contributed by atoms with E-state index in [2.05, 4.69) is 42.3 Å². The van der Waals surface area contributed by atoms with Crippen LogP contribution in [0, 0.1) is 11.3 Å². The predicted molar refractivity (Wildman–Crippen MR) is 121 cm³/mol. The Morgan fingerprint density at radius 3 is 2.71 bits per heavy atom. The van der Waals surface area contributed by atoms with Crippen molar-refractivity contribution < 1.29 is 14.3 Å². The van der Waals surface area contributed by atoms with Crippen molar-refractivity contribution in [3.8, 4) is 11.8 Å². The first-order valence-corrected chi connectivity index (χ1v) is 10.6. The number of nitrogens with one attached hydrogen (secondary N) is 1. The Balaban J connectivity index is 1.79. The maximum absolute atomic E-state index is 12.8. The Morgan fingerprint density at radius 1 is 1.26 bits per heavy atom. The quantitative estimate of drug-likeness (QED) is 0.720. The summed E-state index contributed by atoms with van der Waals surface area (Å²) >= 11 is 0. The van der Waals surface area contributed by atoms with Crippen LogP contribution in [-0.2, 0) is 16.7 Å². The third kappa shape index (κ3) is 5.43. The monoisotopic (exact) mass is 421 g/mol. The number of nitriles is 1. The molecule has 0 saturated carbocycles. The molecule has 1 aliphatic heterocycles. The average Bonchev–Trinajstić information content (AvgIpc) is 2.71. The molecule has 1 amide bonds. The molecule has 2 aromatic carbocycles. The first-order chi connectivity index (χ1) is 14.7. The topological polar surface area (TPSA) is 74.6 Å². The lowest BCUT2D eigenvalue weighted by Gasteiger charge is -2.40. The van der Waals surface area contributed by atoms with Crippen LogP contribution in [0.3, 0.4) is 0 Å². The molecule has 1 heterocycles. The Morgan fingerprint density at radius 2 is 2.03 bits per heavy atom. The van der Waals surface area contributed by atoms with E-state index in [0.717, 1.165) is 25.3 Å². The number of carbonyl (C=O) groups is 1. The summed E-state index contributed by atoms with van der Waals surface area (Å²) in [5.41, 5.74) is 4.06. The van der Waals surface area contributed by atoms with E-state index in [-0.39, 0.29) is 17.4 Å². The van der Waals surface area contributed by atoms with E-state index in [1.54, 1.807) is 25.3 Å². The average molecular weight is 422 g/mol. The van der Waals surface area contributed by atoms with Crippen LogP contribution < -0.4 is 10.1 Å². The van der Waals surface area contributed by atoms with Gasteiger partial charge in [0, 0.05) is 43.4 Å².